The first-order valence-electron chi connectivity index (χ1n) is 7.82. The lowest BCUT2D eigenvalue weighted by atomic mass is 10.1. The smallest absolute Gasteiger partial charge is 0.345 e. The molecule has 2 aromatic heterocycles. The lowest BCUT2D eigenvalue weighted by Crippen LogP contribution is -2.32. The molecule has 0 saturated carbocycles. The van der Waals surface area contributed by atoms with Gasteiger partial charge in [-0.05, 0) is 36.8 Å². The van der Waals surface area contributed by atoms with Gasteiger partial charge in [-0.2, -0.15) is 18.3 Å². The number of aromatic amines is 1. The topological polar surface area (TPSA) is 92.7 Å². The lowest BCUT2D eigenvalue weighted by molar-refractivity contribution is -0.141. The zero-order chi connectivity index (χ0) is 19.6. The molecule has 1 amide bonds. The molecule has 0 aliphatic rings. The van der Waals surface area contributed by atoms with Crippen LogP contribution >= 0.6 is 0 Å². The van der Waals surface area contributed by atoms with Crippen LogP contribution in [0.25, 0.3) is 5.69 Å². The van der Waals surface area contributed by atoms with E-state index in [-0.39, 0.29) is 0 Å². The SMILES string of the molecule is CC(NC(=O)c1ccc(C(F)(F)F)[nH]c1=O)c1ccc(-n2cncn2)cc1. The van der Waals surface area contributed by atoms with E-state index in [1.165, 1.54) is 12.7 Å². The van der Waals surface area contributed by atoms with E-state index in [4.69, 9.17) is 0 Å². The number of halogens is 3. The number of amides is 1. The van der Waals surface area contributed by atoms with Gasteiger partial charge in [0.05, 0.1) is 11.7 Å². The van der Waals surface area contributed by atoms with Gasteiger partial charge >= 0.3 is 6.18 Å². The summed E-state index contributed by atoms with van der Waals surface area (Å²) in [5.74, 6) is -0.766. The van der Waals surface area contributed by atoms with Crippen molar-refractivity contribution in [2.45, 2.75) is 19.1 Å². The van der Waals surface area contributed by atoms with E-state index in [0.29, 0.717) is 6.07 Å². The molecule has 2 N–H and O–H groups in total. The zero-order valence-corrected chi connectivity index (χ0v) is 14.0. The summed E-state index contributed by atoms with van der Waals surface area (Å²) in [7, 11) is 0. The molecular formula is C17H14F3N5O2. The first-order chi connectivity index (χ1) is 12.8. The van der Waals surface area contributed by atoms with E-state index in [2.05, 4.69) is 15.4 Å². The highest BCUT2D eigenvalue weighted by atomic mass is 19.4. The minimum absolute atomic E-state index is 0.394. The molecule has 0 aliphatic carbocycles. The molecule has 140 valence electrons. The predicted octanol–water partition coefficient (Wildman–Crippen LogP) is 2.47. The number of rotatable bonds is 4. The van der Waals surface area contributed by atoms with E-state index < -0.39 is 34.9 Å². The summed E-state index contributed by atoms with van der Waals surface area (Å²) in [6.45, 7) is 1.70. The molecule has 2 heterocycles. The van der Waals surface area contributed by atoms with Crippen molar-refractivity contribution in [3.63, 3.8) is 0 Å². The van der Waals surface area contributed by atoms with Crippen LogP contribution in [0.2, 0.25) is 0 Å². The van der Waals surface area contributed by atoms with Crippen LogP contribution in [0.15, 0.2) is 53.8 Å². The maximum Gasteiger partial charge on any atom is 0.431 e. The maximum absolute atomic E-state index is 12.6. The third-order valence-electron chi connectivity index (χ3n) is 3.88. The number of aromatic nitrogens is 4. The number of alkyl halides is 3. The Balaban J connectivity index is 1.73. The summed E-state index contributed by atoms with van der Waals surface area (Å²) in [5, 5.41) is 6.59. The van der Waals surface area contributed by atoms with Crippen LogP contribution in [0.4, 0.5) is 13.2 Å². The van der Waals surface area contributed by atoms with Gasteiger partial charge in [-0.1, -0.05) is 12.1 Å². The summed E-state index contributed by atoms with van der Waals surface area (Å²) >= 11 is 0. The fourth-order valence-electron chi connectivity index (χ4n) is 2.43. The van der Waals surface area contributed by atoms with Gasteiger partial charge in [0.2, 0.25) is 0 Å². The third-order valence-corrected chi connectivity index (χ3v) is 3.88. The molecule has 1 aromatic carbocycles. The largest absolute Gasteiger partial charge is 0.431 e. The Labute approximate surface area is 150 Å². The minimum atomic E-state index is -4.69. The fourth-order valence-corrected chi connectivity index (χ4v) is 2.43. The Morgan fingerprint density at radius 2 is 1.89 bits per heavy atom. The second kappa shape index (κ2) is 7.06. The molecule has 10 heteroatoms. The van der Waals surface area contributed by atoms with Gasteiger partial charge in [0.1, 0.15) is 23.9 Å². The summed E-state index contributed by atoms with van der Waals surface area (Å²) in [6, 6.07) is 8.13. The molecule has 1 atom stereocenters. The highest BCUT2D eigenvalue weighted by Gasteiger charge is 2.32. The fraction of sp³-hybridized carbons (Fsp3) is 0.176. The van der Waals surface area contributed by atoms with Gasteiger partial charge in [0.15, 0.2) is 0 Å². The minimum Gasteiger partial charge on any atom is -0.345 e. The number of pyridine rings is 1. The molecule has 0 aliphatic heterocycles. The molecule has 1 unspecified atom stereocenters. The van der Waals surface area contributed by atoms with Crippen LogP contribution in [0, 0.1) is 0 Å². The molecule has 0 spiro atoms. The van der Waals surface area contributed by atoms with Crippen molar-refractivity contribution in [1.29, 1.82) is 0 Å². The predicted molar refractivity (Wildman–Crippen MR) is 89.3 cm³/mol. The Bertz CT molecular complexity index is 995. The number of hydrogen-bond donors (Lipinski definition) is 2. The van der Waals surface area contributed by atoms with Crippen LogP contribution in [-0.2, 0) is 6.18 Å². The van der Waals surface area contributed by atoms with Gasteiger partial charge < -0.3 is 10.3 Å². The summed E-state index contributed by atoms with van der Waals surface area (Å²) < 4.78 is 39.3. The number of carbonyl (C=O) groups is 1. The summed E-state index contributed by atoms with van der Waals surface area (Å²) in [5.41, 5.74) is -1.18. The second-order valence-electron chi connectivity index (χ2n) is 5.74. The molecule has 27 heavy (non-hydrogen) atoms. The summed E-state index contributed by atoms with van der Waals surface area (Å²) in [6.07, 6.45) is -1.75. The zero-order valence-electron chi connectivity index (χ0n) is 14.0. The van der Waals surface area contributed by atoms with E-state index in [9.17, 15) is 22.8 Å². The van der Waals surface area contributed by atoms with E-state index >= 15 is 0 Å². The number of carbonyl (C=O) groups excluding carboxylic acids is 1. The number of nitrogens with one attached hydrogen (secondary N) is 2. The lowest BCUT2D eigenvalue weighted by Gasteiger charge is -2.15. The standard InChI is InChI=1S/C17H14F3N5O2/c1-10(11-2-4-12(5-3-11)25-9-21-8-22-25)23-15(26)13-6-7-14(17(18,19)20)24-16(13)27/h2-10H,1H3,(H,23,26)(H,24,27). The second-order valence-corrected chi connectivity index (χ2v) is 5.74. The Morgan fingerprint density at radius 3 is 2.44 bits per heavy atom. The molecule has 7 nitrogen and oxygen atoms in total. The first-order valence-corrected chi connectivity index (χ1v) is 7.82. The average molecular weight is 377 g/mol. The Kier molecular flexibility index (Phi) is 4.80. The van der Waals surface area contributed by atoms with Crippen molar-refractivity contribution >= 4 is 5.91 Å². The Morgan fingerprint density at radius 1 is 1.19 bits per heavy atom. The summed E-state index contributed by atoms with van der Waals surface area (Å²) in [4.78, 5) is 29.5. The molecule has 0 saturated heterocycles. The normalized spacial score (nSPS) is 12.6. The molecule has 0 bridgehead atoms. The van der Waals surface area contributed by atoms with Gasteiger partial charge in [0.25, 0.3) is 11.5 Å². The highest BCUT2D eigenvalue weighted by molar-refractivity contribution is 5.94. The Hall–Kier alpha value is -3.43. The number of H-pyrrole nitrogens is 1. The number of nitrogens with zero attached hydrogens (tertiary/aromatic N) is 3. The van der Waals surface area contributed by atoms with Crippen molar-refractivity contribution in [3.8, 4) is 5.69 Å². The van der Waals surface area contributed by atoms with Crippen molar-refractivity contribution in [2.24, 2.45) is 0 Å². The molecule has 3 aromatic rings. The molecule has 3 rings (SSSR count). The third kappa shape index (κ3) is 4.05. The van der Waals surface area contributed by atoms with E-state index in [0.717, 1.165) is 17.3 Å². The van der Waals surface area contributed by atoms with Crippen LogP contribution in [0.3, 0.4) is 0 Å². The van der Waals surface area contributed by atoms with Gasteiger partial charge in [0, 0.05) is 0 Å². The van der Waals surface area contributed by atoms with Gasteiger partial charge in [-0.25, -0.2) is 9.67 Å². The van der Waals surface area contributed by atoms with Crippen LogP contribution in [-0.4, -0.2) is 25.7 Å². The van der Waals surface area contributed by atoms with Crippen molar-refractivity contribution < 1.29 is 18.0 Å². The number of hydrogen-bond acceptors (Lipinski definition) is 4. The first kappa shape index (κ1) is 18.4. The molecular weight excluding hydrogens is 363 g/mol. The molecule has 0 fully saturated rings. The van der Waals surface area contributed by atoms with Crippen molar-refractivity contribution in [2.75, 3.05) is 0 Å². The van der Waals surface area contributed by atoms with Crippen LogP contribution in [0.5, 0.6) is 0 Å². The van der Waals surface area contributed by atoms with Crippen LogP contribution in [0.1, 0.15) is 34.6 Å². The van der Waals surface area contributed by atoms with Crippen molar-refractivity contribution in [3.05, 3.63) is 76.2 Å². The highest BCUT2D eigenvalue weighted by Crippen LogP contribution is 2.26. The average Bonchev–Trinajstić information content (AvgIpc) is 3.15. The monoisotopic (exact) mass is 377 g/mol. The van der Waals surface area contributed by atoms with Crippen molar-refractivity contribution in [1.82, 2.24) is 25.1 Å². The number of benzene rings is 1. The quantitative estimate of drug-likeness (QED) is 0.731. The molecule has 0 radical (unpaired) electrons. The van der Waals surface area contributed by atoms with Gasteiger partial charge in [-0.15, -0.1) is 0 Å². The van der Waals surface area contributed by atoms with E-state index in [1.807, 2.05) is 0 Å². The van der Waals surface area contributed by atoms with E-state index in [1.54, 1.807) is 40.9 Å². The van der Waals surface area contributed by atoms with Gasteiger partial charge in [-0.3, -0.25) is 9.59 Å². The van der Waals surface area contributed by atoms with Crippen LogP contribution < -0.4 is 10.9 Å². The maximum atomic E-state index is 12.6.